The zero-order valence-electron chi connectivity index (χ0n) is 7.28. The highest BCUT2D eigenvalue weighted by atomic mass is 19.1. The van der Waals surface area contributed by atoms with Crippen LogP contribution in [0.3, 0.4) is 0 Å². The molecule has 1 fully saturated rings. The molecular formula is C9H12FN3. The number of likely N-dealkylation sites (tertiary alicyclic amines) is 1. The molecule has 1 aromatic rings. The molecule has 0 saturated carbocycles. The van der Waals surface area contributed by atoms with E-state index < -0.39 is 0 Å². The Hall–Kier alpha value is -1.00. The molecule has 1 saturated heterocycles. The first kappa shape index (κ1) is 8.59. The quantitative estimate of drug-likeness (QED) is 0.716. The van der Waals surface area contributed by atoms with Gasteiger partial charge in [0.15, 0.2) is 0 Å². The van der Waals surface area contributed by atoms with Crippen molar-refractivity contribution in [3.8, 4) is 0 Å². The van der Waals surface area contributed by atoms with Gasteiger partial charge < -0.3 is 5.73 Å². The Bertz CT molecular complexity index is 297. The molecule has 13 heavy (non-hydrogen) atoms. The third kappa shape index (κ3) is 2.02. The van der Waals surface area contributed by atoms with E-state index in [1.165, 1.54) is 12.3 Å². The molecule has 1 aliphatic rings. The lowest BCUT2D eigenvalue weighted by Crippen LogP contribution is -2.54. The molecule has 0 amide bonds. The maximum Gasteiger partial charge on any atom is 0.141 e. The summed E-state index contributed by atoms with van der Waals surface area (Å²) < 4.78 is 12.7. The van der Waals surface area contributed by atoms with Crippen molar-refractivity contribution in [2.75, 3.05) is 13.1 Å². The number of hydrogen-bond donors (Lipinski definition) is 1. The Morgan fingerprint density at radius 1 is 1.54 bits per heavy atom. The Labute approximate surface area is 76.4 Å². The maximum absolute atomic E-state index is 12.7. The van der Waals surface area contributed by atoms with Crippen LogP contribution < -0.4 is 5.73 Å². The van der Waals surface area contributed by atoms with Crippen molar-refractivity contribution in [1.29, 1.82) is 0 Å². The van der Waals surface area contributed by atoms with Gasteiger partial charge in [-0.2, -0.15) is 0 Å². The minimum Gasteiger partial charge on any atom is -0.325 e. The van der Waals surface area contributed by atoms with Crippen LogP contribution in [-0.2, 0) is 6.54 Å². The lowest BCUT2D eigenvalue weighted by molar-refractivity contribution is 0.142. The lowest BCUT2D eigenvalue weighted by Gasteiger charge is -2.36. The second kappa shape index (κ2) is 3.40. The van der Waals surface area contributed by atoms with Gasteiger partial charge in [0.05, 0.1) is 6.20 Å². The van der Waals surface area contributed by atoms with Crippen LogP contribution in [0.2, 0.25) is 0 Å². The van der Waals surface area contributed by atoms with Crippen LogP contribution >= 0.6 is 0 Å². The van der Waals surface area contributed by atoms with Crippen molar-refractivity contribution in [1.82, 2.24) is 9.88 Å². The summed E-state index contributed by atoms with van der Waals surface area (Å²) in [4.78, 5) is 5.95. The highest BCUT2D eigenvalue weighted by molar-refractivity contribution is 5.10. The molecule has 4 heteroatoms. The average Bonchev–Trinajstić information content (AvgIpc) is 2.01. The number of halogens is 1. The van der Waals surface area contributed by atoms with Crippen LogP contribution in [0.4, 0.5) is 4.39 Å². The molecule has 0 atom stereocenters. The zero-order chi connectivity index (χ0) is 9.26. The first-order chi connectivity index (χ1) is 6.24. The van der Waals surface area contributed by atoms with Crippen LogP contribution in [0.15, 0.2) is 18.5 Å². The molecule has 0 aromatic carbocycles. The Morgan fingerprint density at radius 2 is 2.31 bits per heavy atom. The third-order valence-corrected chi connectivity index (χ3v) is 2.15. The average molecular weight is 181 g/mol. The van der Waals surface area contributed by atoms with Gasteiger partial charge in [-0.1, -0.05) is 0 Å². The summed E-state index contributed by atoms with van der Waals surface area (Å²) in [7, 11) is 0. The first-order valence-corrected chi connectivity index (χ1v) is 4.31. The zero-order valence-corrected chi connectivity index (χ0v) is 7.28. The SMILES string of the molecule is NC1CN(Cc2cncc(F)c2)C1. The lowest BCUT2D eigenvalue weighted by atomic mass is 10.1. The molecular weight excluding hydrogens is 169 g/mol. The van der Waals surface area contributed by atoms with E-state index in [1.54, 1.807) is 6.20 Å². The number of rotatable bonds is 2. The van der Waals surface area contributed by atoms with Crippen LogP contribution in [-0.4, -0.2) is 29.0 Å². The first-order valence-electron chi connectivity index (χ1n) is 4.31. The van der Waals surface area contributed by atoms with E-state index in [1.807, 2.05) is 0 Å². The summed E-state index contributed by atoms with van der Waals surface area (Å²) in [5, 5.41) is 0. The van der Waals surface area contributed by atoms with Gasteiger partial charge in [-0.25, -0.2) is 4.39 Å². The van der Waals surface area contributed by atoms with Crippen LogP contribution in [0.1, 0.15) is 5.56 Å². The van der Waals surface area contributed by atoms with Gasteiger partial charge in [0.1, 0.15) is 5.82 Å². The number of pyridine rings is 1. The van der Waals surface area contributed by atoms with E-state index >= 15 is 0 Å². The molecule has 3 nitrogen and oxygen atoms in total. The van der Waals surface area contributed by atoms with Crippen molar-refractivity contribution < 1.29 is 4.39 Å². The monoisotopic (exact) mass is 181 g/mol. The van der Waals surface area contributed by atoms with E-state index in [2.05, 4.69) is 9.88 Å². The summed E-state index contributed by atoms with van der Waals surface area (Å²) in [6.45, 7) is 2.55. The van der Waals surface area contributed by atoms with E-state index in [4.69, 9.17) is 5.73 Å². The smallest absolute Gasteiger partial charge is 0.141 e. The summed E-state index contributed by atoms with van der Waals surface area (Å²) in [5.74, 6) is -0.276. The van der Waals surface area contributed by atoms with Gasteiger partial charge >= 0.3 is 0 Å². The predicted molar refractivity (Wildman–Crippen MR) is 47.4 cm³/mol. The normalized spacial score (nSPS) is 18.6. The molecule has 0 radical (unpaired) electrons. The Kier molecular flexibility index (Phi) is 2.24. The summed E-state index contributed by atoms with van der Waals surface area (Å²) in [6, 6.07) is 1.80. The number of aromatic nitrogens is 1. The summed E-state index contributed by atoms with van der Waals surface area (Å²) >= 11 is 0. The van der Waals surface area contributed by atoms with Crippen molar-refractivity contribution in [3.63, 3.8) is 0 Å². The third-order valence-electron chi connectivity index (χ3n) is 2.15. The number of nitrogens with zero attached hydrogens (tertiary/aromatic N) is 2. The van der Waals surface area contributed by atoms with Crippen molar-refractivity contribution >= 4 is 0 Å². The van der Waals surface area contributed by atoms with Gasteiger partial charge in [-0.15, -0.1) is 0 Å². The molecule has 2 heterocycles. The molecule has 2 rings (SSSR count). The van der Waals surface area contributed by atoms with Crippen molar-refractivity contribution in [3.05, 3.63) is 29.8 Å². The Morgan fingerprint density at radius 3 is 2.92 bits per heavy atom. The van der Waals surface area contributed by atoms with E-state index in [9.17, 15) is 4.39 Å². The van der Waals surface area contributed by atoms with Crippen LogP contribution in [0.5, 0.6) is 0 Å². The van der Waals surface area contributed by atoms with Crippen LogP contribution in [0.25, 0.3) is 0 Å². The molecule has 0 bridgehead atoms. The van der Waals surface area contributed by atoms with Gasteiger partial charge in [0.25, 0.3) is 0 Å². The highest BCUT2D eigenvalue weighted by Crippen LogP contribution is 2.11. The largest absolute Gasteiger partial charge is 0.325 e. The van der Waals surface area contributed by atoms with E-state index in [-0.39, 0.29) is 5.82 Å². The Balaban J connectivity index is 1.94. The predicted octanol–water partition coefficient (Wildman–Crippen LogP) is 0.364. The van der Waals surface area contributed by atoms with E-state index in [0.717, 1.165) is 25.2 Å². The fourth-order valence-corrected chi connectivity index (χ4v) is 1.54. The second-order valence-electron chi connectivity index (χ2n) is 3.47. The molecule has 0 unspecified atom stereocenters. The van der Waals surface area contributed by atoms with E-state index in [0.29, 0.717) is 6.04 Å². The molecule has 0 spiro atoms. The summed E-state index contributed by atoms with van der Waals surface area (Å²) in [5.41, 5.74) is 6.53. The minimum atomic E-state index is -0.276. The standard InChI is InChI=1S/C9H12FN3/c10-8-1-7(2-12-3-8)4-13-5-9(11)6-13/h1-3,9H,4-6,11H2. The van der Waals surface area contributed by atoms with Gasteiger partial charge in [-0.3, -0.25) is 9.88 Å². The number of hydrogen-bond acceptors (Lipinski definition) is 3. The van der Waals surface area contributed by atoms with Crippen molar-refractivity contribution in [2.24, 2.45) is 5.73 Å². The summed E-state index contributed by atoms with van der Waals surface area (Å²) in [6.07, 6.45) is 2.90. The number of nitrogens with two attached hydrogens (primary N) is 1. The topological polar surface area (TPSA) is 42.1 Å². The van der Waals surface area contributed by atoms with Gasteiger partial charge in [-0.05, 0) is 11.6 Å². The molecule has 70 valence electrons. The second-order valence-corrected chi connectivity index (χ2v) is 3.47. The molecule has 1 aliphatic heterocycles. The molecule has 2 N–H and O–H groups in total. The van der Waals surface area contributed by atoms with Crippen molar-refractivity contribution in [2.45, 2.75) is 12.6 Å². The van der Waals surface area contributed by atoms with Gasteiger partial charge in [0, 0.05) is 31.9 Å². The van der Waals surface area contributed by atoms with Crippen LogP contribution in [0, 0.1) is 5.82 Å². The highest BCUT2D eigenvalue weighted by Gasteiger charge is 2.22. The minimum absolute atomic E-state index is 0.276. The van der Waals surface area contributed by atoms with Gasteiger partial charge in [0.2, 0.25) is 0 Å². The molecule has 0 aliphatic carbocycles. The molecule has 1 aromatic heterocycles. The fourth-order valence-electron chi connectivity index (χ4n) is 1.54. The fraction of sp³-hybridized carbons (Fsp3) is 0.444. The maximum atomic E-state index is 12.7.